The van der Waals surface area contributed by atoms with E-state index in [1.165, 1.54) is 19.2 Å². The van der Waals surface area contributed by atoms with Crippen LogP contribution in [0.1, 0.15) is 5.56 Å². The predicted molar refractivity (Wildman–Crippen MR) is 83.6 cm³/mol. The molecule has 0 unspecified atom stereocenters. The molecule has 3 N–H and O–H groups in total. The maximum Gasteiger partial charge on any atom is 0.146 e. The van der Waals surface area contributed by atoms with Crippen LogP contribution in [0.3, 0.4) is 0 Å². The van der Waals surface area contributed by atoms with Crippen molar-refractivity contribution in [2.24, 2.45) is 5.73 Å². The molecule has 0 spiro atoms. The molecule has 0 aromatic heterocycles. The van der Waals surface area contributed by atoms with Gasteiger partial charge in [-0.1, -0.05) is 23.8 Å². The number of thiocarbonyl (C=S) groups is 1. The lowest BCUT2D eigenvalue weighted by Gasteiger charge is -2.13. The van der Waals surface area contributed by atoms with Crippen molar-refractivity contribution in [1.29, 1.82) is 0 Å². The van der Waals surface area contributed by atoms with Gasteiger partial charge in [-0.15, -0.1) is 0 Å². The van der Waals surface area contributed by atoms with E-state index in [0.29, 0.717) is 22.0 Å². The number of nitrogens with one attached hydrogen (secondary N) is 1. The zero-order chi connectivity index (χ0) is 14.7. The van der Waals surface area contributed by atoms with Crippen molar-refractivity contribution in [2.75, 3.05) is 12.4 Å². The lowest BCUT2D eigenvalue weighted by atomic mass is 10.1. The number of hydrogen-bond acceptors (Lipinski definition) is 3. The topological polar surface area (TPSA) is 47.3 Å². The summed E-state index contributed by atoms with van der Waals surface area (Å²) in [6, 6.07) is 9.39. The average Bonchev–Trinajstić information content (AvgIpc) is 2.42. The summed E-state index contributed by atoms with van der Waals surface area (Å²) < 4.78 is 18.9. The van der Waals surface area contributed by atoms with E-state index < -0.39 is 5.82 Å². The molecule has 0 saturated carbocycles. The Morgan fingerprint density at radius 3 is 2.65 bits per heavy atom. The van der Waals surface area contributed by atoms with Crippen LogP contribution in [0.4, 0.5) is 15.8 Å². The Balaban J connectivity index is 2.42. The number of anilines is 2. The molecule has 0 fully saturated rings. The highest BCUT2D eigenvalue weighted by Crippen LogP contribution is 2.28. The highest BCUT2D eigenvalue weighted by atomic mass is 35.5. The van der Waals surface area contributed by atoms with E-state index in [2.05, 4.69) is 5.32 Å². The van der Waals surface area contributed by atoms with Crippen LogP contribution in [0.15, 0.2) is 36.4 Å². The molecule has 2 aromatic rings. The summed E-state index contributed by atoms with van der Waals surface area (Å²) in [5.74, 6) is 0.134. The molecule has 0 aliphatic rings. The van der Waals surface area contributed by atoms with E-state index >= 15 is 0 Å². The molecule has 104 valence electrons. The monoisotopic (exact) mass is 310 g/mol. The molecule has 20 heavy (non-hydrogen) atoms. The largest absolute Gasteiger partial charge is 0.497 e. The first-order valence-electron chi connectivity index (χ1n) is 5.71. The fraction of sp³-hybridized carbons (Fsp3) is 0.0714. The van der Waals surface area contributed by atoms with Crippen LogP contribution in [-0.2, 0) is 0 Å². The molecule has 0 heterocycles. The second-order valence-electron chi connectivity index (χ2n) is 4.02. The summed E-state index contributed by atoms with van der Waals surface area (Å²) in [5.41, 5.74) is 7.04. The fourth-order valence-electron chi connectivity index (χ4n) is 1.70. The van der Waals surface area contributed by atoms with Crippen molar-refractivity contribution in [1.82, 2.24) is 0 Å². The van der Waals surface area contributed by atoms with Gasteiger partial charge in [0.15, 0.2) is 0 Å². The minimum absolute atomic E-state index is 0.179. The fourth-order valence-corrected chi connectivity index (χ4v) is 2.04. The summed E-state index contributed by atoms with van der Waals surface area (Å²) in [6.07, 6.45) is 0. The second kappa shape index (κ2) is 6.07. The third kappa shape index (κ3) is 3.18. The van der Waals surface area contributed by atoms with Crippen LogP contribution in [0.25, 0.3) is 0 Å². The summed E-state index contributed by atoms with van der Waals surface area (Å²) in [6.45, 7) is 0. The Hall–Kier alpha value is -1.85. The molecule has 3 nitrogen and oxygen atoms in total. The lowest BCUT2D eigenvalue weighted by Crippen LogP contribution is -2.12. The SMILES string of the molecule is COc1ccc(F)c(Nc2ccc(Cl)cc2C(N)=S)c1. The number of ether oxygens (including phenoxy) is 1. The van der Waals surface area contributed by atoms with Crippen molar-refractivity contribution >= 4 is 40.2 Å². The van der Waals surface area contributed by atoms with Gasteiger partial charge >= 0.3 is 0 Å². The maximum absolute atomic E-state index is 13.8. The van der Waals surface area contributed by atoms with Crippen LogP contribution in [0, 0.1) is 5.82 Å². The van der Waals surface area contributed by atoms with E-state index in [1.54, 1.807) is 24.3 Å². The molecular weight excluding hydrogens is 299 g/mol. The first-order valence-corrected chi connectivity index (χ1v) is 6.50. The summed E-state index contributed by atoms with van der Waals surface area (Å²) in [7, 11) is 1.51. The van der Waals surface area contributed by atoms with Crippen molar-refractivity contribution in [3.05, 3.63) is 52.8 Å². The van der Waals surface area contributed by atoms with E-state index in [-0.39, 0.29) is 10.7 Å². The van der Waals surface area contributed by atoms with E-state index in [0.717, 1.165) is 0 Å². The number of benzene rings is 2. The van der Waals surface area contributed by atoms with Gasteiger partial charge in [0.05, 0.1) is 12.8 Å². The predicted octanol–water partition coefficient (Wildman–Crippen LogP) is 3.87. The molecule has 0 bridgehead atoms. The van der Waals surface area contributed by atoms with Crippen molar-refractivity contribution in [3.8, 4) is 5.75 Å². The Bertz CT molecular complexity index is 664. The van der Waals surface area contributed by atoms with Gasteiger partial charge in [0.25, 0.3) is 0 Å². The smallest absolute Gasteiger partial charge is 0.146 e. The third-order valence-corrected chi connectivity index (χ3v) is 3.14. The average molecular weight is 311 g/mol. The third-order valence-electron chi connectivity index (χ3n) is 2.69. The number of methoxy groups -OCH3 is 1. The Morgan fingerprint density at radius 2 is 2.00 bits per heavy atom. The van der Waals surface area contributed by atoms with Crippen molar-refractivity contribution in [2.45, 2.75) is 0 Å². The zero-order valence-electron chi connectivity index (χ0n) is 10.6. The molecule has 2 aromatic carbocycles. The van der Waals surface area contributed by atoms with Crippen LogP contribution in [-0.4, -0.2) is 12.1 Å². The van der Waals surface area contributed by atoms with Crippen molar-refractivity contribution < 1.29 is 9.13 Å². The van der Waals surface area contributed by atoms with Gasteiger partial charge in [0.2, 0.25) is 0 Å². The minimum atomic E-state index is -0.408. The van der Waals surface area contributed by atoms with Gasteiger partial charge in [-0.05, 0) is 30.3 Å². The Labute approximate surface area is 126 Å². The quantitative estimate of drug-likeness (QED) is 0.842. The zero-order valence-corrected chi connectivity index (χ0v) is 12.2. The van der Waals surface area contributed by atoms with Gasteiger partial charge in [0.1, 0.15) is 16.6 Å². The van der Waals surface area contributed by atoms with Crippen LogP contribution in [0.5, 0.6) is 5.75 Å². The highest BCUT2D eigenvalue weighted by Gasteiger charge is 2.10. The van der Waals surface area contributed by atoms with Gasteiger partial charge in [-0.25, -0.2) is 4.39 Å². The summed E-state index contributed by atoms with van der Waals surface area (Å²) in [4.78, 5) is 0.179. The molecule has 6 heteroatoms. The van der Waals surface area contributed by atoms with E-state index in [9.17, 15) is 4.39 Å². The maximum atomic E-state index is 13.8. The molecular formula is C14H12ClFN2OS. The first-order chi connectivity index (χ1) is 9.51. The number of hydrogen-bond donors (Lipinski definition) is 2. The number of rotatable bonds is 4. The lowest BCUT2D eigenvalue weighted by molar-refractivity contribution is 0.414. The first kappa shape index (κ1) is 14.6. The molecule has 0 atom stereocenters. The molecule has 0 aliphatic carbocycles. The highest BCUT2D eigenvalue weighted by molar-refractivity contribution is 7.80. The Morgan fingerprint density at radius 1 is 1.25 bits per heavy atom. The molecule has 2 rings (SSSR count). The summed E-state index contributed by atoms with van der Waals surface area (Å²) in [5, 5.41) is 3.45. The van der Waals surface area contributed by atoms with Crippen molar-refractivity contribution in [3.63, 3.8) is 0 Å². The van der Waals surface area contributed by atoms with Gasteiger partial charge in [0, 0.05) is 22.3 Å². The molecule has 0 amide bonds. The number of nitrogens with two attached hydrogens (primary N) is 1. The second-order valence-corrected chi connectivity index (χ2v) is 4.90. The minimum Gasteiger partial charge on any atom is -0.497 e. The van der Waals surface area contributed by atoms with Crippen LogP contribution >= 0.6 is 23.8 Å². The number of halogens is 2. The van der Waals surface area contributed by atoms with Gasteiger partial charge < -0.3 is 15.8 Å². The molecule has 0 aliphatic heterocycles. The van der Waals surface area contributed by atoms with E-state index in [1.807, 2.05) is 0 Å². The van der Waals surface area contributed by atoms with Gasteiger partial charge in [-0.3, -0.25) is 0 Å². The molecule has 0 radical (unpaired) electrons. The summed E-state index contributed by atoms with van der Waals surface area (Å²) >= 11 is 10.9. The standard InChI is InChI=1S/C14H12ClFN2OS/c1-19-9-3-4-11(16)13(7-9)18-12-5-2-8(15)6-10(12)14(17)20/h2-7,18H,1H3,(H2,17,20). The van der Waals surface area contributed by atoms with Gasteiger partial charge in [-0.2, -0.15) is 0 Å². The molecule has 0 saturated heterocycles. The normalized spacial score (nSPS) is 10.2. The Kier molecular flexibility index (Phi) is 4.42. The van der Waals surface area contributed by atoms with Crippen LogP contribution < -0.4 is 15.8 Å². The van der Waals surface area contributed by atoms with E-state index in [4.69, 9.17) is 34.3 Å². The van der Waals surface area contributed by atoms with Crippen LogP contribution in [0.2, 0.25) is 5.02 Å².